The first-order chi connectivity index (χ1) is 18.4. The Kier molecular flexibility index (Phi) is 17.2. The van der Waals surface area contributed by atoms with E-state index in [1.165, 1.54) is 77.0 Å². The van der Waals surface area contributed by atoms with E-state index in [4.69, 9.17) is 0 Å². The van der Waals surface area contributed by atoms with E-state index in [0.29, 0.717) is 0 Å². The van der Waals surface area contributed by atoms with E-state index >= 15 is 0 Å². The van der Waals surface area contributed by atoms with Crippen LogP contribution in [0.15, 0.2) is 12.1 Å². The van der Waals surface area contributed by atoms with Crippen LogP contribution in [0.4, 0.5) is 0 Å². The topological polar surface area (TPSA) is 0 Å². The molecule has 2 aromatic heterocycles. The second-order valence-electron chi connectivity index (χ2n) is 12.4. The van der Waals surface area contributed by atoms with Gasteiger partial charge in [0.15, 0.2) is 0 Å². The molecule has 0 saturated carbocycles. The number of unbranched alkanes of at least 4 members (excludes halogenated alkanes) is 6. The zero-order valence-corrected chi connectivity index (χ0v) is 34.0. The van der Waals surface area contributed by atoms with Crippen LogP contribution < -0.4 is 5.79 Å². The molecule has 0 aliphatic carbocycles. The minimum atomic E-state index is -2.38. The van der Waals surface area contributed by atoms with Gasteiger partial charge in [-0.05, 0) is 0 Å². The maximum absolute atomic E-state index is 2.73. The van der Waals surface area contributed by atoms with Crippen molar-refractivity contribution in [3.63, 3.8) is 0 Å². The average Bonchev–Trinajstić information content (AvgIpc) is 3.50. The summed E-state index contributed by atoms with van der Waals surface area (Å²) in [6.45, 7) is 19.4. The molecule has 2 aromatic rings. The van der Waals surface area contributed by atoms with Crippen molar-refractivity contribution >= 4 is 65.2 Å². The van der Waals surface area contributed by atoms with E-state index < -0.39 is 36.8 Å². The molecule has 0 N–H and O–H groups in total. The molecule has 0 unspecified atom stereocenters. The number of hydrogen-bond donors (Lipinski definition) is 0. The van der Waals surface area contributed by atoms with Crippen LogP contribution in [0.1, 0.15) is 130 Å². The predicted octanol–water partition coefficient (Wildman–Crippen LogP) is 12.2. The minimum absolute atomic E-state index is 1.36. The Morgan fingerprint density at radius 3 is 0.895 bits per heavy atom. The second kappa shape index (κ2) is 18.5. The van der Waals surface area contributed by atoms with Crippen LogP contribution >= 0.6 is 22.7 Å². The molecule has 0 spiro atoms. The molecule has 0 nitrogen and oxygen atoms in total. The standard InChI is InChI=1S/C10H8S2.6C4H9.2Sn/c1-7-3-5-11-9(7)10-8(2)4-6-12-10;6*1-3-4-2;;/h3-4H,1-2H3;6*1,3-4H2,2H3;;. The molecule has 0 aromatic carbocycles. The van der Waals surface area contributed by atoms with Crippen molar-refractivity contribution < 1.29 is 0 Å². The molecule has 0 fully saturated rings. The number of aryl methyl sites for hydroxylation is 2. The Balaban J connectivity index is 2.57. The van der Waals surface area contributed by atoms with Crippen LogP contribution in [-0.2, 0) is 0 Å². The summed E-state index contributed by atoms with van der Waals surface area (Å²) < 4.78 is 13.4. The fraction of sp³-hybridized carbons (Fsp3) is 0.765. The third-order valence-corrected chi connectivity index (χ3v) is 48.2. The van der Waals surface area contributed by atoms with Gasteiger partial charge in [-0.15, -0.1) is 0 Å². The summed E-state index contributed by atoms with van der Waals surface area (Å²) in [4.78, 5) is 3.34. The Morgan fingerprint density at radius 2 is 0.684 bits per heavy atom. The van der Waals surface area contributed by atoms with Crippen LogP contribution in [0.3, 0.4) is 0 Å². The van der Waals surface area contributed by atoms with E-state index in [-0.39, 0.29) is 0 Å². The molecule has 0 bridgehead atoms. The molecule has 0 atom stereocenters. The molecule has 2 rings (SSSR count). The van der Waals surface area contributed by atoms with Gasteiger partial charge >= 0.3 is 257 Å². The summed E-state index contributed by atoms with van der Waals surface area (Å²) in [6.07, 6.45) is 16.9. The Bertz CT molecular complexity index is 792. The normalized spacial score (nSPS) is 12.5. The van der Waals surface area contributed by atoms with E-state index in [1.54, 1.807) is 47.5 Å². The van der Waals surface area contributed by atoms with Crippen molar-refractivity contribution in [2.45, 2.75) is 159 Å². The number of hydrogen-bond acceptors (Lipinski definition) is 2. The van der Waals surface area contributed by atoms with Gasteiger partial charge in [0.1, 0.15) is 0 Å². The van der Waals surface area contributed by atoms with Crippen LogP contribution in [0.2, 0.25) is 26.6 Å². The Hall–Kier alpha value is 0.997. The fourth-order valence-corrected chi connectivity index (χ4v) is 47.8. The van der Waals surface area contributed by atoms with Gasteiger partial charge in [0.2, 0.25) is 0 Å². The second-order valence-corrected chi connectivity index (χ2v) is 42.9. The van der Waals surface area contributed by atoms with Gasteiger partial charge in [0.25, 0.3) is 0 Å². The van der Waals surface area contributed by atoms with Gasteiger partial charge in [0, 0.05) is 0 Å². The molecule has 218 valence electrons. The molecule has 4 heteroatoms. The van der Waals surface area contributed by atoms with E-state index in [1.807, 2.05) is 5.79 Å². The molecule has 0 amide bonds. The van der Waals surface area contributed by atoms with Crippen LogP contribution in [0.25, 0.3) is 9.75 Å². The SMILES string of the molecule is CCC[CH2][Sn]([CH2]CCC)([CH2]CCC)[c]1cc(C)c(-c2s[c]([Sn]([CH2]CCC)([CH2]CCC)[CH2]CCC)cc2C)s1. The monoisotopic (exact) mass is 774 g/mol. The summed E-state index contributed by atoms with van der Waals surface area (Å²) in [7, 11) is 0. The molecule has 38 heavy (non-hydrogen) atoms. The summed E-state index contributed by atoms with van der Waals surface area (Å²) >= 11 is -0.189. The first-order valence-electron chi connectivity index (χ1n) is 16.6. The van der Waals surface area contributed by atoms with Gasteiger partial charge in [-0.2, -0.15) is 0 Å². The van der Waals surface area contributed by atoms with Crippen LogP contribution in [0.5, 0.6) is 0 Å². The fourth-order valence-electron chi connectivity index (χ4n) is 6.52. The van der Waals surface area contributed by atoms with Gasteiger partial charge in [0.05, 0.1) is 0 Å². The zero-order chi connectivity index (χ0) is 28.0. The van der Waals surface area contributed by atoms with Gasteiger partial charge in [-0.25, -0.2) is 0 Å². The number of thiophene rings is 2. The van der Waals surface area contributed by atoms with Crippen LogP contribution in [0, 0.1) is 13.8 Å². The predicted molar refractivity (Wildman–Crippen MR) is 186 cm³/mol. The van der Waals surface area contributed by atoms with Crippen molar-refractivity contribution in [2.24, 2.45) is 0 Å². The molecule has 0 radical (unpaired) electrons. The van der Waals surface area contributed by atoms with Crippen molar-refractivity contribution in [3.8, 4) is 9.75 Å². The molecular formula is C34H62S2Sn2. The Morgan fingerprint density at radius 1 is 0.447 bits per heavy atom. The summed E-state index contributed by atoms with van der Waals surface area (Å²) in [5.74, 6) is 0. The summed E-state index contributed by atoms with van der Waals surface area (Å²) in [5, 5.41) is 0. The van der Waals surface area contributed by atoms with Crippen molar-refractivity contribution in [1.82, 2.24) is 0 Å². The van der Waals surface area contributed by atoms with Gasteiger partial charge in [-0.1, -0.05) is 0 Å². The first kappa shape index (κ1) is 35.2. The van der Waals surface area contributed by atoms with Crippen molar-refractivity contribution in [3.05, 3.63) is 23.3 Å². The quantitative estimate of drug-likeness (QED) is 0.111. The molecule has 2 heterocycles. The molecular weight excluding hydrogens is 710 g/mol. The Labute approximate surface area is 254 Å². The molecule has 0 aliphatic rings. The number of rotatable bonds is 21. The first-order valence-corrected chi connectivity index (χ1v) is 33.2. The molecule has 0 saturated heterocycles. The van der Waals surface area contributed by atoms with Gasteiger partial charge in [-0.3, -0.25) is 0 Å². The summed E-state index contributed by atoms with van der Waals surface area (Å²) in [5.41, 5.74) is 3.20. The van der Waals surface area contributed by atoms with Crippen LogP contribution in [-0.4, -0.2) is 36.8 Å². The van der Waals surface area contributed by atoms with E-state index in [0.717, 1.165) is 0 Å². The van der Waals surface area contributed by atoms with Gasteiger partial charge < -0.3 is 0 Å². The molecule has 0 aliphatic heterocycles. The average molecular weight is 772 g/mol. The van der Waals surface area contributed by atoms with E-state index in [9.17, 15) is 0 Å². The maximum atomic E-state index is 2.73. The van der Waals surface area contributed by atoms with Crippen molar-refractivity contribution in [1.29, 1.82) is 0 Å². The third kappa shape index (κ3) is 9.51. The third-order valence-electron chi connectivity index (χ3n) is 9.14. The van der Waals surface area contributed by atoms with Crippen molar-refractivity contribution in [2.75, 3.05) is 0 Å². The van der Waals surface area contributed by atoms with E-state index in [2.05, 4.69) is 90.2 Å². The summed E-state index contributed by atoms with van der Waals surface area (Å²) in [6, 6.07) is 5.47. The zero-order valence-electron chi connectivity index (χ0n) is 26.7.